The summed E-state index contributed by atoms with van der Waals surface area (Å²) in [5.41, 5.74) is 2.27. The lowest BCUT2D eigenvalue weighted by Crippen LogP contribution is -2.01. The average molecular weight is 328 g/mol. The molecule has 0 aliphatic rings. The summed E-state index contributed by atoms with van der Waals surface area (Å²) in [4.78, 5) is 4.38. The Morgan fingerprint density at radius 3 is 2.78 bits per heavy atom. The van der Waals surface area contributed by atoms with Crippen LogP contribution in [0, 0.1) is 18.3 Å². The number of hydrogen-bond acceptors (Lipinski definition) is 5. The van der Waals surface area contributed by atoms with Crippen molar-refractivity contribution in [2.24, 2.45) is 0 Å². The van der Waals surface area contributed by atoms with Crippen LogP contribution in [0.4, 0.5) is 0 Å². The summed E-state index contributed by atoms with van der Waals surface area (Å²) in [7, 11) is 0. The van der Waals surface area contributed by atoms with Gasteiger partial charge in [0.25, 0.3) is 0 Å². The first-order valence-corrected chi connectivity index (χ1v) is 8.50. The van der Waals surface area contributed by atoms with E-state index in [-0.39, 0.29) is 0 Å². The van der Waals surface area contributed by atoms with Crippen molar-refractivity contribution in [1.29, 1.82) is 5.26 Å². The highest BCUT2D eigenvalue weighted by Crippen LogP contribution is 2.34. The van der Waals surface area contributed by atoms with E-state index in [4.69, 9.17) is 9.47 Å². The van der Waals surface area contributed by atoms with E-state index in [9.17, 15) is 5.26 Å². The summed E-state index contributed by atoms with van der Waals surface area (Å²) < 4.78 is 11.5. The van der Waals surface area contributed by atoms with Crippen molar-refractivity contribution in [2.45, 2.75) is 27.2 Å². The number of rotatable bonds is 7. The summed E-state index contributed by atoms with van der Waals surface area (Å²) in [6.45, 7) is 7.07. The Hall–Kier alpha value is -2.32. The van der Waals surface area contributed by atoms with E-state index < -0.39 is 0 Å². The van der Waals surface area contributed by atoms with Crippen molar-refractivity contribution < 1.29 is 9.47 Å². The number of para-hydroxylation sites is 1. The molecule has 1 aromatic heterocycles. The highest BCUT2D eigenvalue weighted by atomic mass is 32.1. The lowest BCUT2D eigenvalue weighted by molar-refractivity contribution is 0.276. The Morgan fingerprint density at radius 2 is 2.17 bits per heavy atom. The molecule has 2 aromatic rings. The lowest BCUT2D eigenvalue weighted by atomic mass is 10.1. The number of allylic oxidation sites excluding steroid dienone is 1. The minimum absolute atomic E-state index is 0.526. The van der Waals surface area contributed by atoms with Crippen LogP contribution in [-0.4, -0.2) is 18.2 Å². The van der Waals surface area contributed by atoms with Gasteiger partial charge >= 0.3 is 0 Å². The first-order valence-electron chi connectivity index (χ1n) is 7.62. The van der Waals surface area contributed by atoms with E-state index in [1.165, 1.54) is 11.3 Å². The van der Waals surface area contributed by atoms with Crippen LogP contribution < -0.4 is 9.47 Å². The molecule has 0 aliphatic heterocycles. The molecule has 0 unspecified atom stereocenters. The quantitative estimate of drug-likeness (QED) is 0.691. The minimum Gasteiger partial charge on any atom is -0.490 e. The van der Waals surface area contributed by atoms with Crippen molar-refractivity contribution in [3.8, 4) is 17.6 Å². The third-order valence-electron chi connectivity index (χ3n) is 3.03. The van der Waals surface area contributed by atoms with Crippen LogP contribution in [0.1, 0.15) is 36.5 Å². The summed E-state index contributed by atoms with van der Waals surface area (Å²) >= 11 is 1.47. The standard InChI is InChI=1S/C18H20N2O2S/c1-4-9-22-17-14(7-6-8-16(17)21-5-2)10-15(11-19)18-20-13(3)12-23-18/h6-8,10,12H,4-5,9H2,1-3H3/b15-10+. The number of aryl methyl sites for hydroxylation is 1. The Kier molecular flexibility index (Phi) is 6.19. The van der Waals surface area contributed by atoms with Gasteiger partial charge in [0.1, 0.15) is 11.1 Å². The molecular formula is C18H20N2O2S. The molecule has 0 radical (unpaired) electrons. The van der Waals surface area contributed by atoms with Gasteiger partial charge in [-0.25, -0.2) is 4.98 Å². The number of ether oxygens (including phenoxy) is 2. The summed E-state index contributed by atoms with van der Waals surface area (Å²) in [5, 5.41) is 12.1. The maximum absolute atomic E-state index is 9.47. The zero-order valence-electron chi connectivity index (χ0n) is 13.6. The smallest absolute Gasteiger partial charge is 0.168 e. The number of nitrogens with zero attached hydrogens (tertiary/aromatic N) is 2. The predicted octanol–water partition coefficient (Wildman–Crippen LogP) is 4.70. The van der Waals surface area contributed by atoms with E-state index in [0.29, 0.717) is 35.3 Å². The Bertz CT molecular complexity index is 729. The van der Waals surface area contributed by atoms with Gasteiger partial charge in [-0.2, -0.15) is 5.26 Å². The fourth-order valence-corrected chi connectivity index (χ4v) is 2.81. The molecule has 5 heteroatoms. The van der Waals surface area contributed by atoms with Gasteiger partial charge in [0, 0.05) is 16.6 Å². The molecule has 0 saturated carbocycles. The van der Waals surface area contributed by atoms with Crippen LogP contribution in [0.2, 0.25) is 0 Å². The van der Waals surface area contributed by atoms with Crippen LogP contribution in [0.3, 0.4) is 0 Å². The fourth-order valence-electron chi connectivity index (χ4n) is 2.05. The second kappa shape index (κ2) is 8.35. The molecule has 2 rings (SSSR count). The molecule has 1 aromatic carbocycles. The van der Waals surface area contributed by atoms with E-state index in [1.54, 1.807) is 0 Å². The lowest BCUT2D eigenvalue weighted by Gasteiger charge is -2.14. The molecule has 4 nitrogen and oxygen atoms in total. The largest absolute Gasteiger partial charge is 0.490 e. The zero-order valence-corrected chi connectivity index (χ0v) is 14.4. The van der Waals surface area contributed by atoms with Gasteiger partial charge in [0.05, 0.1) is 18.8 Å². The molecule has 23 heavy (non-hydrogen) atoms. The van der Waals surface area contributed by atoms with E-state index in [0.717, 1.165) is 17.7 Å². The molecule has 0 saturated heterocycles. The third kappa shape index (κ3) is 4.33. The first-order chi connectivity index (χ1) is 11.2. The summed E-state index contributed by atoms with van der Waals surface area (Å²) in [6.07, 6.45) is 2.71. The van der Waals surface area contributed by atoms with Crippen LogP contribution in [-0.2, 0) is 0 Å². The molecule has 0 aliphatic carbocycles. The van der Waals surface area contributed by atoms with Gasteiger partial charge in [-0.15, -0.1) is 11.3 Å². The van der Waals surface area contributed by atoms with Gasteiger partial charge in [-0.1, -0.05) is 19.1 Å². The van der Waals surface area contributed by atoms with Crippen LogP contribution in [0.5, 0.6) is 11.5 Å². The third-order valence-corrected chi connectivity index (χ3v) is 4.02. The van der Waals surface area contributed by atoms with Crippen LogP contribution in [0.15, 0.2) is 23.6 Å². The zero-order chi connectivity index (χ0) is 16.7. The molecule has 0 atom stereocenters. The summed E-state index contributed by atoms with van der Waals surface area (Å²) in [6, 6.07) is 7.93. The number of nitriles is 1. The second-order valence-corrected chi connectivity index (χ2v) is 5.78. The van der Waals surface area contributed by atoms with Gasteiger partial charge in [-0.05, 0) is 32.4 Å². The van der Waals surface area contributed by atoms with Crippen molar-refractivity contribution in [1.82, 2.24) is 4.98 Å². The number of hydrogen-bond donors (Lipinski definition) is 0. The maximum atomic E-state index is 9.47. The SMILES string of the molecule is CCCOc1c(/C=C(\C#N)c2nc(C)cs2)cccc1OCC. The monoisotopic (exact) mass is 328 g/mol. The van der Waals surface area contributed by atoms with Gasteiger partial charge in [0.15, 0.2) is 11.5 Å². The van der Waals surface area contributed by atoms with Crippen LogP contribution >= 0.6 is 11.3 Å². The van der Waals surface area contributed by atoms with Crippen molar-refractivity contribution >= 4 is 23.0 Å². The molecule has 0 fully saturated rings. The number of thiazole rings is 1. The minimum atomic E-state index is 0.526. The molecular weight excluding hydrogens is 308 g/mol. The van der Waals surface area contributed by atoms with Crippen molar-refractivity contribution in [2.75, 3.05) is 13.2 Å². The Morgan fingerprint density at radius 1 is 1.35 bits per heavy atom. The molecule has 0 N–H and O–H groups in total. The predicted molar refractivity (Wildman–Crippen MR) is 93.7 cm³/mol. The summed E-state index contributed by atoms with van der Waals surface area (Å²) in [5.74, 6) is 1.37. The molecule has 1 heterocycles. The highest BCUT2D eigenvalue weighted by molar-refractivity contribution is 7.11. The molecule has 0 bridgehead atoms. The van der Waals surface area contributed by atoms with Gasteiger partial charge < -0.3 is 9.47 Å². The Balaban J connectivity index is 2.46. The number of benzene rings is 1. The normalized spacial score (nSPS) is 11.1. The maximum Gasteiger partial charge on any atom is 0.168 e. The van der Waals surface area contributed by atoms with Gasteiger partial charge in [0.2, 0.25) is 0 Å². The highest BCUT2D eigenvalue weighted by Gasteiger charge is 2.12. The topological polar surface area (TPSA) is 55.1 Å². The first kappa shape index (κ1) is 17.0. The van der Waals surface area contributed by atoms with E-state index in [2.05, 4.69) is 18.0 Å². The van der Waals surface area contributed by atoms with E-state index >= 15 is 0 Å². The Labute approximate surface area is 141 Å². The molecule has 0 amide bonds. The second-order valence-electron chi connectivity index (χ2n) is 4.92. The van der Waals surface area contributed by atoms with Crippen molar-refractivity contribution in [3.63, 3.8) is 0 Å². The van der Waals surface area contributed by atoms with Crippen molar-refractivity contribution in [3.05, 3.63) is 39.8 Å². The van der Waals surface area contributed by atoms with Gasteiger partial charge in [-0.3, -0.25) is 0 Å². The van der Waals surface area contributed by atoms with Crippen LogP contribution in [0.25, 0.3) is 11.6 Å². The molecule has 0 spiro atoms. The van der Waals surface area contributed by atoms with E-state index in [1.807, 2.05) is 43.5 Å². The number of aromatic nitrogens is 1. The average Bonchev–Trinajstić information content (AvgIpc) is 2.98. The molecule has 120 valence electrons. The fraction of sp³-hybridized carbons (Fsp3) is 0.333.